The average Bonchev–Trinajstić information content (AvgIpc) is 2.60. The molecule has 0 aromatic carbocycles. The van der Waals surface area contributed by atoms with Gasteiger partial charge in [0.25, 0.3) is 0 Å². The molecule has 0 amide bonds. The van der Waals surface area contributed by atoms with Crippen LogP contribution < -0.4 is 10.6 Å². The molecule has 5 nitrogen and oxygen atoms in total. The number of methoxy groups -OCH3 is 1. The summed E-state index contributed by atoms with van der Waals surface area (Å²) in [6.45, 7) is 4.65. The highest BCUT2D eigenvalue weighted by Crippen LogP contribution is 2.26. The molecule has 2 N–H and O–H groups in total. The van der Waals surface area contributed by atoms with Gasteiger partial charge in [-0.1, -0.05) is 13.3 Å². The van der Waals surface area contributed by atoms with E-state index < -0.39 is 0 Å². The Balaban J connectivity index is 1.77. The van der Waals surface area contributed by atoms with E-state index in [0.29, 0.717) is 6.04 Å². The van der Waals surface area contributed by atoms with Crippen LogP contribution in [0.25, 0.3) is 0 Å². The molecule has 128 valence electrons. The lowest BCUT2D eigenvalue weighted by Crippen LogP contribution is -2.52. The third kappa shape index (κ3) is 4.85. The van der Waals surface area contributed by atoms with Gasteiger partial charge in [-0.25, -0.2) is 0 Å². The maximum atomic E-state index is 5.77. The molecule has 1 aliphatic carbocycles. The summed E-state index contributed by atoms with van der Waals surface area (Å²) in [5.74, 6) is 1.83. The van der Waals surface area contributed by atoms with Gasteiger partial charge in [-0.05, 0) is 31.6 Å². The van der Waals surface area contributed by atoms with E-state index in [9.17, 15) is 0 Å². The molecule has 2 aliphatic rings. The summed E-state index contributed by atoms with van der Waals surface area (Å²) in [5.41, 5.74) is -0.115. The van der Waals surface area contributed by atoms with Crippen LogP contribution in [-0.4, -0.2) is 51.5 Å². The molecule has 5 heteroatoms. The van der Waals surface area contributed by atoms with E-state index in [1.54, 1.807) is 7.11 Å². The van der Waals surface area contributed by atoms with Crippen LogP contribution in [0.5, 0.6) is 0 Å². The fourth-order valence-corrected chi connectivity index (χ4v) is 3.54. The van der Waals surface area contributed by atoms with Crippen molar-refractivity contribution < 1.29 is 9.47 Å². The number of nitrogens with one attached hydrogen (secondary N) is 2. The van der Waals surface area contributed by atoms with Gasteiger partial charge in [0, 0.05) is 52.8 Å². The van der Waals surface area contributed by atoms with E-state index in [4.69, 9.17) is 9.47 Å². The topological polar surface area (TPSA) is 54.9 Å². The molecule has 1 saturated heterocycles. The SMILES string of the molecule is CCC1CCC(NC(=NC)NCC2(OC)CCOCC2)CC1. The predicted octanol–water partition coefficient (Wildman–Crippen LogP) is 2.32. The van der Waals surface area contributed by atoms with Gasteiger partial charge in [-0.15, -0.1) is 0 Å². The normalized spacial score (nSPS) is 29.1. The summed E-state index contributed by atoms with van der Waals surface area (Å²) >= 11 is 0. The van der Waals surface area contributed by atoms with Gasteiger partial charge in [0.15, 0.2) is 5.96 Å². The first-order chi connectivity index (χ1) is 10.7. The summed E-state index contributed by atoms with van der Waals surface area (Å²) in [6, 6.07) is 0.558. The fraction of sp³-hybridized carbons (Fsp3) is 0.941. The molecule has 1 heterocycles. The number of hydrogen-bond acceptors (Lipinski definition) is 3. The Morgan fingerprint density at radius 2 is 1.91 bits per heavy atom. The van der Waals surface area contributed by atoms with E-state index in [1.807, 2.05) is 7.05 Å². The van der Waals surface area contributed by atoms with Crippen molar-refractivity contribution in [2.75, 3.05) is 33.9 Å². The smallest absolute Gasteiger partial charge is 0.191 e. The van der Waals surface area contributed by atoms with Gasteiger partial charge in [0.2, 0.25) is 0 Å². The van der Waals surface area contributed by atoms with Gasteiger partial charge in [0.05, 0.1) is 5.60 Å². The van der Waals surface area contributed by atoms with Gasteiger partial charge in [-0.2, -0.15) is 0 Å². The molecule has 1 aliphatic heterocycles. The fourth-order valence-electron chi connectivity index (χ4n) is 3.54. The van der Waals surface area contributed by atoms with Crippen molar-refractivity contribution >= 4 is 5.96 Å². The average molecular weight is 311 g/mol. The number of guanidine groups is 1. The zero-order chi connectivity index (χ0) is 15.8. The monoisotopic (exact) mass is 311 g/mol. The van der Waals surface area contributed by atoms with Crippen LogP contribution in [0.4, 0.5) is 0 Å². The summed E-state index contributed by atoms with van der Waals surface area (Å²) in [5, 5.41) is 7.04. The molecular formula is C17H33N3O2. The molecule has 0 bridgehead atoms. The summed E-state index contributed by atoms with van der Waals surface area (Å²) in [6.07, 6.45) is 8.38. The Labute approximate surface area is 135 Å². The minimum absolute atomic E-state index is 0.115. The minimum atomic E-state index is -0.115. The highest BCUT2D eigenvalue weighted by Gasteiger charge is 2.32. The van der Waals surface area contributed by atoms with Crippen molar-refractivity contribution in [2.45, 2.75) is 63.5 Å². The van der Waals surface area contributed by atoms with Crippen molar-refractivity contribution in [1.82, 2.24) is 10.6 Å². The van der Waals surface area contributed by atoms with Gasteiger partial charge >= 0.3 is 0 Å². The van der Waals surface area contributed by atoms with Crippen LogP contribution >= 0.6 is 0 Å². The lowest BCUT2D eigenvalue weighted by atomic mass is 9.84. The number of aliphatic imine (C=N–C) groups is 1. The van der Waals surface area contributed by atoms with E-state index in [0.717, 1.165) is 44.5 Å². The number of ether oxygens (including phenoxy) is 2. The van der Waals surface area contributed by atoms with E-state index in [2.05, 4.69) is 22.5 Å². The van der Waals surface area contributed by atoms with Gasteiger partial charge < -0.3 is 20.1 Å². The van der Waals surface area contributed by atoms with Gasteiger partial charge in [0.1, 0.15) is 0 Å². The molecule has 1 saturated carbocycles. The maximum Gasteiger partial charge on any atom is 0.191 e. The second kappa shape index (κ2) is 8.73. The highest BCUT2D eigenvalue weighted by atomic mass is 16.5. The number of hydrogen-bond donors (Lipinski definition) is 2. The molecule has 2 rings (SSSR count). The lowest BCUT2D eigenvalue weighted by molar-refractivity contribution is -0.0855. The Morgan fingerprint density at radius 1 is 1.23 bits per heavy atom. The number of nitrogens with zero attached hydrogens (tertiary/aromatic N) is 1. The first-order valence-electron chi connectivity index (χ1n) is 8.81. The Bertz CT molecular complexity index is 346. The molecule has 0 aromatic heterocycles. The van der Waals surface area contributed by atoms with Crippen molar-refractivity contribution in [1.29, 1.82) is 0 Å². The van der Waals surface area contributed by atoms with Crippen molar-refractivity contribution in [2.24, 2.45) is 10.9 Å². The molecular weight excluding hydrogens is 278 g/mol. The molecule has 0 radical (unpaired) electrons. The zero-order valence-electron chi connectivity index (χ0n) is 14.5. The Hall–Kier alpha value is -0.810. The van der Waals surface area contributed by atoms with Crippen LogP contribution in [0, 0.1) is 5.92 Å². The molecule has 0 unspecified atom stereocenters. The Kier molecular flexibility index (Phi) is 6.96. The number of rotatable bonds is 5. The second-order valence-electron chi connectivity index (χ2n) is 6.70. The Morgan fingerprint density at radius 3 is 2.45 bits per heavy atom. The first kappa shape index (κ1) is 17.5. The van der Waals surface area contributed by atoms with Crippen LogP contribution in [0.3, 0.4) is 0 Å². The molecule has 0 aromatic rings. The predicted molar refractivity (Wildman–Crippen MR) is 90.3 cm³/mol. The van der Waals surface area contributed by atoms with E-state index >= 15 is 0 Å². The summed E-state index contributed by atoms with van der Waals surface area (Å²) < 4.78 is 11.2. The zero-order valence-corrected chi connectivity index (χ0v) is 14.5. The third-order valence-electron chi connectivity index (χ3n) is 5.40. The quantitative estimate of drug-likeness (QED) is 0.604. The van der Waals surface area contributed by atoms with Crippen LogP contribution in [0.15, 0.2) is 4.99 Å². The van der Waals surface area contributed by atoms with Crippen LogP contribution in [0.1, 0.15) is 51.9 Å². The minimum Gasteiger partial charge on any atom is -0.381 e. The second-order valence-corrected chi connectivity index (χ2v) is 6.70. The molecule has 0 spiro atoms. The lowest BCUT2D eigenvalue weighted by Gasteiger charge is -2.37. The molecule has 0 atom stereocenters. The standard InChI is InChI=1S/C17H33N3O2/c1-4-14-5-7-15(8-6-14)20-16(18-2)19-13-17(21-3)9-11-22-12-10-17/h14-15H,4-13H2,1-3H3,(H2,18,19,20). The van der Waals surface area contributed by atoms with Crippen molar-refractivity contribution in [3.05, 3.63) is 0 Å². The van der Waals surface area contributed by atoms with Gasteiger partial charge in [-0.3, -0.25) is 4.99 Å². The molecule has 2 fully saturated rings. The molecule has 22 heavy (non-hydrogen) atoms. The summed E-state index contributed by atoms with van der Waals surface area (Å²) in [4.78, 5) is 4.38. The van der Waals surface area contributed by atoms with Crippen LogP contribution in [0.2, 0.25) is 0 Å². The van der Waals surface area contributed by atoms with Crippen molar-refractivity contribution in [3.63, 3.8) is 0 Å². The van der Waals surface area contributed by atoms with Crippen LogP contribution in [-0.2, 0) is 9.47 Å². The van der Waals surface area contributed by atoms with E-state index in [-0.39, 0.29) is 5.60 Å². The van der Waals surface area contributed by atoms with Crippen molar-refractivity contribution in [3.8, 4) is 0 Å². The van der Waals surface area contributed by atoms with E-state index in [1.165, 1.54) is 32.1 Å². The first-order valence-corrected chi connectivity index (χ1v) is 8.81. The summed E-state index contributed by atoms with van der Waals surface area (Å²) in [7, 11) is 3.64. The highest BCUT2D eigenvalue weighted by molar-refractivity contribution is 5.80. The third-order valence-corrected chi connectivity index (χ3v) is 5.40. The maximum absolute atomic E-state index is 5.77. The largest absolute Gasteiger partial charge is 0.381 e.